The minimum Gasteiger partial charge on any atom is -0.481 e. The maximum atomic E-state index is 12.0. The highest BCUT2D eigenvalue weighted by Crippen LogP contribution is 2.19. The molecule has 0 aliphatic heterocycles. The highest BCUT2D eigenvalue weighted by Gasteiger charge is 2.15. The van der Waals surface area contributed by atoms with Crippen molar-refractivity contribution in [2.45, 2.75) is 25.6 Å². The Kier molecular flexibility index (Phi) is 6.44. The summed E-state index contributed by atoms with van der Waals surface area (Å²) in [5, 5.41) is 13.4. The van der Waals surface area contributed by atoms with Crippen LogP contribution in [-0.2, 0) is 4.79 Å². The molecular weight excluding hydrogens is 314 g/mol. The number of amides is 1. The molecule has 0 aromatic heterocycles. The van der Waals surface area contributed by atoms with Gasteiger partial charge in [0.2, 0.25) is 0 Å². The lowest BCUT2D eigenvalue weighted by Gasteiger charge is -2.16. The number of aliphatic hydroxyl groups excluding tert-OH is 1. The number of nitrogens with one attached hydrogen (secondary N) is 1. The van der Waals surface area contributed by atoms with Crippen LogP contribution in [0.2, 0.25) is 5.02 Å². The van der Waals surface area contributed by atoms with E-state index in [-0.39, 0.29) is 5.91 Å². The Hall–Kier alpha value is -2.04. The second-order valence-electron chi connectivity index (χ2n) is 5.22. The Morgan fingerprint density at radius 2 is 1.96 bits per heavy atom. The van der Waals surface area contributed by atoms with Gasteiger partial charge in [0.15, 0.2) is 6.10 Å². The van der Waals surface area contributed by atoms with Crippen molar-refractivity contribution in [3.63, 3.8) is 0 Å². The predicted octanol–water partition coefficient (Wildman–Crippen LogP) is 3.35. The minimum atomic E-state index is -0.667. The third-order valence-electron chi connectivity index (χ3n) is 3.38. The van der Waals surface area contributed by atoms with Crippen LogP contribution >= 0.6 is 11.6 Å². The van der Waals surface area contributed by atoms with Crippen LogP contribution in [0.5, 0.6) is 5.75 Å². The van der Waals surface area contributed by atoms with Gasteiger partial charge in [0.25, 0.3) is 5.91 Å². The smallest absolute Gasteiger partial charge is 0.260 e. The third-order valence-corrected chi connectivity index (χ3v) is 3.61. The van der Waals surface area contributed by atoms with Crippen LogP contribution in [0, 0.1) is 0 Å². The molecule has 1 amide bonds. The number of hydrogen-bond acceptors (Lipinski definition) is 3. The quantitative estimate of drug-likeness (QED) is 0.817. The first-order valence-corrected chi connectivity index (χ1v) is 7.87. The van der Waals surface area contributed by atoms with E-state index < -0.39 is 12.2 Å². The summed E-state index contributed by atoms with van der Waals surface area (Å²) in [6.07, 6.45) is -0.857. The van der Waals surface area contributed by atoms with Gasteiger partial charge >= 0.3 is 0 Å². The summed E-state index contributed by atoms with van der Waals surface area (Å²) >= 11 is 5.89. The monoisotopic (exact) mass is 333 g/mol. The summed E-state index contributed by atoms with van der Waals surface area (Å²) in [6, 6.07) is 16.2. The average Bonchev–Trinajstić information content (AvgIpc) is 2.55. The van der Waals surface area contributed by atoms with Crippen LogP contribution in [0.25, 0.3) is 0 Å². The van der Waals surface area contributed by atoms with Crippen molar-refractivity contribution in [3.8, 4) is 5.75 Å². The van der Waals surface area contributed by atoms with Crippen molar-refractivity contribution < 1.29 is 14.6 Å². The fourth-order valence-corrected chi connectivity index (χ4v) is 2.31. The van der Waals surface area contributed by atoms with Crippen LogP contribution in [-0.4, -0.2) is 23.7 Å². The van der Waals surface area contributed by atoms with Crippen molar-refractivity contribution in [2.75, 3.05) is 6.54 Å². The highest BCUT2D eigenvalue weighted by atomic mass is 35.5. The molecule has 0 aliphatic rings. The lowest BCUT2D eigenvalue weighted by atomic mass is 10.1. The van der Waals surface area contributed by atoms with Gasteiger partial charge in [-0.2, -0.15) is 0 Å². The zero-order valence-corrected chi connectivity index (χ0v) is 13.7. The molecule has 4 nitrogen and oxygen atoms in total. The van der Waals surface area contributed by atoms with E-state index in [1.54, 1.807) is 43.3 Å². The van der Waals surface area contributed by atoms with E-state index in [1.807, 2.05) is 18.2 Å². The van der Waals surface area contributed by atoms with Gasteiger partial charge < -0.3 is 15.2 Å². The summed E-state index contributed by atoms with van der Waals surface area (Å²) in [5.41, 5.74) is 0.736. The van der Waals surface area contributed by atoms with Crippen molar-refractivity contribution >= 4 is 17.5 Å². The first-order valence-electron chi connectivity index (χ1n) is 7.49. The van der Waals surface area contributed by atoms with Gasteiger partial charge in [-0.3, -0.25) is 4.79 Å². The van der Waals surface area contributed by atoms with Crippen LogP contribution in [0.4, 0.5) is 0 Å². The van der Waals surface area contributed by atoms with Gasteiger partial charge in [-0.05, 0) is 43.2 Å². The number of rotatable bonds is 7. The molecule has 2 atom stereocenters. The molecule has 2 rings (SSSR count). The molecule has 0 fully saturated rings. The molecule has 23 heavy (non-hydrogen) atoms. The first kappa shape index (κ1) is 17.3. The van der Waals surface area contributed by atoms with E-state index >= 15 is 0 Å². The second-order valence-corrected chi connectivity index (χ2v) is 5.66. The van der Waals surface area contributed by atoms with Crippen LogP contribution in [0.1, 0.15) is 25.0 Å². The van der Waals surface area contributed by atoms with Gasteiger partial charge in [0, 0.05) is 11.6 Å². The number of carbonyl (C=O) groups is 1. The molecule has 2 N–H and O–H groups in total. The Morgan fingerprint density at radius 1 is 1.22 bits per heavy atom. The second kappa shape index (κ2) is 8.56. The molecule has 2 aromatic carbocycles. The highest BCUT2D eigenvalue weighted by molar-refractivity contribution is 6.30. The molecule has 0 unspecified atom stereocenters. The van der Waals surface area contributed by atoms with Crippen LogP contribution in [0.15, 0.2) is 54.6 Å². The zero-order chi connectivity index (χ0) is 16.7. The molecule has 0 bridgehead atoms. The van der Waals surface area contributed by atoms with Gasteiger partial charge in [-0.1, -0.05) is 41.9 Å². The molecule has 0 saturated carbocycles. The Morgan fingerprint density at radius 3 is 2.65 bits per heavy atom. The minimum absolute atomic E-state index is 0.216. The van der Waals surface area contributed by atoms with Crippen molar-refractivity contribution in [3.05, 3.63) is 65.2 Å². The van der Waals surface area contributed by atoms with E-state index in [0.717, 1.165) is 5.56 Å². The summed E-state index contributed by atoms with van der Waals surface area (Å²) in [7, 11) is 0. The normalized spacial score (nSPS) is 13.2. The van der Waals surface area contributed by atoms with Gasteiger partial charge in [-0.15, -0.1) is 0 Å². The molecule has 5 heteroatoms. The Bertz CT molecular complexity index is 633. The lowest BCUT2D eigenvalue weighted by molar-refractivity contribution is -0.127. The lowest BCUT2D eigenvalue weighted by Crippen LogP contribution is -2.37. The SMILES string of the molecule is C[C@H](Oc1ccccc1)C(=O)NCC[C@@H](O)c1cccc(Cl)c1. The molecular formula is C18H20ClNO3. The largest absolute Gasteiger partial charge is 0.481 e. The maximum absolute atomic E-state index is 12.0. The molecule has 0 heterocycles. The summed E-state index contributed by atoms with van der Waals surface area (Å²) in [6.45, 7) is 2.05. The molecule has 0 radical (unpaired) electrons. The Balaban J connectivity index is 1.76. The fourth-order valence-electron chi connectivity index (χ4n) is 2.11. The average molecular weight is 334 g/mol. The topological polar surface area (TPSA) is 58.6 Å². The number of carbonyl (C=O) groups excluding carboxylic acids is 1. The van der Waals surface area contributed by atoms with E-state index in [2.05, 4.69) is 5.32 Å². The van der Waals surface area contributed by atoms with Gasteiger partial charge in [0.05, 0.1) is 6.10 Å². The van der Waals surface area contributed by atoms with Crippen LogP contribution in [0.3, 0.4) is 0 Å². The third kappa shape index (κ3) is 5.58. The van der Waals surface area contributed by atoms with Crippen molar-refractivity contribution in [1.82, 2.24) is 5.32 Å². The first-order chi connectivity index (χ1) is 11.1. The predicted molar refractivity (Wildman–Crippen MR) is 90.6 cm³/mol. The number of aliphatic hydroxyl groups is 1. The zero-order valence-electron chi connectivity index (χ0n) is 12.9. The van der Waals surface area contributed by atoms with E-state index in [1.165, 1.54) is 0 Å². The summed E-state index contributed by atoms with van der Waals surface area (Å²) < 4.78 is 5.54. The number of halogens is 1. The number of para-hydroxylation sites is 1. The molecule has 0 saturated heterocycles. The molecule has 122 valence electrons. The number of ether oxygens (including phenoxy) is 1. The summed E-state index contributed by atoms with van der Waals surface area (Å²) in [5.74, 6) is 0.432. The number of benzene rings is 2. The van der Waals surface area contributed by atoms with Crippen molar-refractivity contribution in [1.29, 1.82) is 0 Å². The standard InChI is InChI=1S/C18H20ClNO3/c1-13(23-16-8-3-2-4-9-16)18(22)20-11-10-17(21)14-6-5-7-15(19)12-14/h2-9,12-13,17,21H,10-11H2,1H3,(H,20,22)/t13-,17+/m0/s1. The van der Waals surface area contributed by atoms with E-state index in [4.69, 9.17) is 16.3 Å². The van der Waals surface area contributed by atoms with E-state index in [9.17, 15) is 9.90 Å². The van der Waals surface area contributed by atoms with Gasteiger partial charge in [-0.25, -0.2) is 0 Å². The Labute approximate surface area is 141 Å². The molecule has 2 aromatic rings. The maximum Gasteiger partial charge on any atom is 0.260 e. The van der Waals surface area contributed by atoms with Crippen LogP contribution < -0.4 is 10.1 Å². The molecule has 0 aliphatic carbocycles. The van der Waals surface area contributed by atoms with E-state index in [0.29, 0.717) is 23.7 Å². The molecule has 0 spiro atoms. The summed E-state index contributed by atoms with van der Waals surface area (Å²) in [4.78, 5) is 12.0. The van der Waals surface area contributed by atoms with Gasteiger partial charge in [0.1, 0.15) is 5.75 Å². The number of hydrogen-bond donors (Lipinski definition) is 2. The fraction of sp³-hybridized carbons (Fsp3) is 0.278. The van der Waals surface area contributed by atoms with Crippen molar-refractivity contribution in [2.24, 2.45) is 0 Å².